The number of hydrogen-bond acceptors (Lipinski definition) is 4. The first-order valence-electron chi connectivity index (χ1n) is 6.48. The highest BCUT2D eigenvalue weighted by Crippen LogP contribution is 2.10. The zero-order valence-corrected chi connectivity index (χ0v) is 12.6. The third-order valence-corrected chi connectivity index (χ3v) is 4.70. The average molecular weight is 307 g/mol. The SMILES string of the molecule is C=CCn1c(S(=O)(=O)CCc2ccc(C)cc2)n[nH]c1=O. The van der Waals surface area contributed by atoms with Gasteiger partial charge >= 0.3 is 5.69 Å². The summed E-state index contributed by atoms with van der Waals surface area (Å²) in [5.41, 5.74) is 1.50. The first-order valence-corrected chi connectivity index (χ1v) is 8.13. The van der Waals surface area contributed by atoms with E-state index in [2.05, 4.69) is 16.8 Å². The molecular formula is C14H17N3O3S. The van der Waals surface area contributed by atoms with Crippen LogP contribution in [0.2, 0.25) is 0 Å². The quantitative estimate of drug-likeness (QED) is 0.809. The van der Waals surface area contributed by atoms with Gasteiger partial charge in [0.05, 0.1) is 5.75 Å². The topological polar surface area (TPSA) is 84.8 Å². The molecule has 0 radical (unpaired) electrons. The zero-order chi connectivity index (χ0) is 15.5. The van der Waals surface area contributed by atoms with Gasteiger partial charge in [0.15, 0.2) is 0 Å². The number of nitrogens with one attached hydrogen (secondary N) is 1. The fourth-order valence-corrected chi connectivity index (χ4v) is 3.29. The lowest BCUT2D eigenvalue weighted by atomic mass is 10.1. The van der Waals surface area contributed by atoms with E-state index >= 15 is 0 Å². The van der Waals surface area contributed by atoms with Crippen molar-refractivity contribution in [1.29, 1.82) is 0 Å². The van der Waals surface area contributed by atoms with E-state index in [0.717, 1.165) is 15.7 Å². The lowest BCUT2D eigenvalue weighted by molar-refractivity contribution is 0.570. The molecule has 0 aliphatic carbocycles. The minimum atomic E-state index is -3.63. The molecule has 2 rings (SSSR count). The largest absolute Gasteiger partial charge is 0.344 e. The summed E-state index contributed by atoms with van der Waals surface area (Å²) in [5, 5.41) is 5.55. The van der Waals surface area contributed by atoms with Crippen molar-refractivity contribution in [2.45, 2.75) is 25.0 Å². The molecule has 21 heavy (non-hydrogen) atoms. The Bertz CT molecular complexity index is 786. The Hall–Kier alpha value is -2.15. The molecule has 0 saturated carbocycles. The second-order valence-electron chi connectivity index (χ2n) is 4.77. The molecule has 0 fully saturated rings. The van der Waals surface area contributed by atoms with Crippen molar-refractivity contribution < 1.29 is 8.42 Å². The fourth-order valence-electron chi connectivity index (χ4n) is 1.93. The molecule has 2 aromatic rings. The average Bonchev–Trinajstić information content (AvgIpc) is 2.81. The molecule has 0 amide bonds. The number of H-pyrrole nitrogens is 1. The highest BCUT2D eigenvalue weighted by Gasteiger charge is 2.22. The van der Waals surface area contributed by atoms with Gasteiger partial charge in [-0.15, -0.1) is 11.7 Å². The van der Waals surface area contributed by atoms with Gasteiger partial charge in [-0.2, -0.15) is 0 Å². The van der Waals surface area contributed by atoms with Crippen LogP contribution in [-0.2, 0) is 22.8 Å². The van der Waals surface area contributed by atoms with Crippen LogP contribution in [-0.4, -0.2) is 28.9 Å². The maximum Gasteiger partial charge on any atom is 0.344 e. The maximum absolute atomic E-state index is 12.3. The van der Waals surface area contributed by atoms with Crippen molar-refractivity contribution in [3.05, 3.63) is 58.5 Å². The minimum absolute atomic E-state index is 0.0997. The molecule has 7 heteroatoms. The second kappa shape index (κ2) is 6.09. The number of sulfone groups is 1. The van der Waals surface area contributed by atoms with Crippen LogP contribution in [0.15, 0.2) is 46.9 Å². The molecule has 1 aromatic heterocycles. The fraction of sp³-hybridized carbons (Fsp3) is 0.286. The molecule has 1 heterocycles. The zero-order valence-electron chi connectivity index (χ0n) is 11.7. The Balaban J connectivity index is 2.20. The summed E-state index contributed by atoms with van der Waals surface area (Å²) in [6.45, 7) is 5.58. The summed E-state index contributed by atoms with van der Waals surface area (Å²) in [6, 6.07) is 7.66. The minimum Gasteiger partial charge on any atom is -0.262 e. The van der Waals surface area contributed by atoms with Crippen molar-refractivity contribution in [3.8, 4) is 0 Å². The van der Waals surface area contributed by atoms with Crippen LogP contribution in [0.25, 0.3) is 0 Å². The van der Waals surface area contributed by atoms with Gasteiger partial charge in [-0.3, -0.25) is 4.57 Å². The van der Waals surface area contributed by atoms with E-state index in [4.69, 9.17) is 0 Å². The van der Waals surface area contributed by atoms with Gasteiger partial charge in [-0.25, -0.2) is 18.3 Å². The van der Waals surface area contributed by atoms with E-state index in [0.29, 0.717) is 6.42 Å². The van der Waals surface area contributed by atoms with Gasteiger partial charge in [0.25, 0.3) is 0 Å². The normalized spacial score (nSPS) is 11.5. The Morgan fingerprint density at radius 3 is 2.62 bits per heavy atom. The molecule has 0 spiro atoms. The summed E-state index contributed by atoms with van der Waals surface area (Å²) in [5.74, 6) is -0.0997. The van der Waals surface area contributed by atoms with Crippen LogP contribution in [0.3, 0.4) is 0 Å². The summed E-state index contributed by atoms with van der Waals surface area (Å²) in [7, 11) is -3.63. The third-order valence-electron chi connectivity index (χ3n) is 3.09. The van der Waals surface area contributed by atoms with Crippen LogP contribution in [0.5, 0.6) is 0 Å². The van der Waals surface area contributed by atoms with Crippen LogP contribution in [0.1, 0.15) is 11.1 Å². The molecule has 0 unspecified atom stereocenters. The van der Waals surface area contributed by atoms with Gasteiger partial charge in [0.1, 0.15) is 0 Å². The predicted molar refractivity (Wildman–Crippen MR) is 80.0 cm³/mol. The van der Waals surface area contributed by atoms with Crippen LogP contribution in [0.4, 0.5) is 0 Å². The molecule has 0 aliphatic heterocycles. The van der Waals surface area contributed by atoms with Gasteiger partial charge in [0.2, 0.25) is 15.0 Å². The molecule has 1 aromatic carbocycles. The Labute approximate surface area is 123 Å². The highest BCUT2D eigenvalue weighted by molar-refractivity contribution is 7.91. The number of benzene rings is 1. The smallest absolute Gasteiger partial charge is 0.262 e. The summed E-state index contributed by atoms with van der Waals surface area (Å²) in [4.78, 5) is 11.5. The Morgan fingerprint density at radius 2 is 2.00 bits per heavy atom. The van der Waals surface area contributed by atoms with E-state index in [1.807, 2.05) is 31.2 Å². The number of allylic oxidation sites excluding steroid dienone is 1. The molecule has 0 atom stereocenters. The molecule has 112 valence electrons. The van der Waals surface area contributed by atoms with E-state index in [9.17, 15) is 13.2 Å². The Kier molecular flexibility index (Phi) is 4.42. The van der Waals surface area contributed by atoms with E-state index in [1.54, 1.807) is 0 Å². The first-order chi connectivity index (χ1) is 9.94. The molecule has 1 N–H and O–H groups in total. The van der Waals surface area contributed by atoms with Crippen molar-refractivity contribution in [2.75, 3.05) is 5.75 Å². The standard InChI is InChI=1S/C14H17N3O3S/c1-3-9-17-13(18)15-16-14(17)21(19,20)10-8-12-6-4-11(2)5-7-12/h3-7H,1,8-10H2,2H3,(H,15,18). The number of nitrogens with zero attached hydrogens (tertiary/aromatic N) is 2. The summed E-state index contributed by atoms with van der Waals surface area (Å²) in [6.07, 6.45) is 1.83. The van der Waals surface area contributed by atoms with Crippen molar-refractivity contribution in [1.82, 2.24) is 14.8 Å². The second-order valence-corrected chi connectivity index (χ2v) is 6.77. The van der Waals surface area contributed by atoms with Gasteiger partial charge in [-0.05, 0) is 18.9 Å². The van der Waals surface area contributed by atoms with Crippen LogP contribution in [0, 0.1) is 6.92 Å². The van der Waals surface area contributed by atoms with Gasteiger partial charge < -0.3 is 0 Å². The first kappa shape index (κ1) is 15.2. The van der Waals surface area contributed by atoms with Gasteiger partial charge in [-0.1, -0.05) is 35.9 Å². The number of aromatic nitrogens is 3. The number of aromatic amines is 1. The molecular weight excluding hydrogens is 290 g/mol. The number of aryl methyl sites for hydroxylation is 2. The number of rotatable bonds is 6. The molecule has 0 bridgehead atoms. The van der Waals surface area contributed by atoms with E-state index in [-0.39, 0.29) is 17.5 Å². The van der Waals surface area contributed by atoms with Crippen molar-refractivity contribution >= 4 is 9.84 Å². The molecule has 0 saturated heterocycles. The van der Waals surface area contributed by atoms with Crippen LogP contribution < -0.4 is 5.69 Å². The molecule has 6 nitrogen and oxygen atoms in total. The third kappa shape index (κ3) is 3.49. The van der Waals surface area contributed by atoms with Crippen molar-refractivity contribution in [2.24, 2.45) is 0 Å². The lowest BCUT2D eigenvalue weighted by Crippen LogP contribution is -2.22. The Morgan fingerprint density at radius 1 is 1.33 bits per heavy atom. The monoisotopic (exact) mass is 307 g/mol. The van der Waals surface area contributed by atoms with E-state index < -0.39 is 15.5 Å². The molecule has 0 aliphatic rings. The lowest BCUT2D eigenvalue weighted by Gasteiger charge is -2.05. The van der Waals surface area contributed by atoms with Crippen LogP contribution >= 0.6 is 0 Å². The predicted octanol–water partition coefficient (Wildman–Crippen LogP) is 1.08. The summed E-state index contributed by atoms with van der Waals surface area (Å²) >= 11 is 0. The van der Waals surface area contributed by atoms with Gasteiger partial charge in [0, 0.05) is 6.54 Å². The number of hydrogen-bond donors (Lipinski definition) is 1. The highest BCUT2D eigenvalue weighted by atomic mass is 32.2. The van der Waals surface area contributed by atoms with E-state index in [1.165, 1.54) is 6.08 Å². The van der Waals surface area contributed by atoms with Crippen molar-refractivity contribution in [3.63, 3.8) is 0 Å². The maximum atomic E-state index is 12.3. The summed E-state index contributed by atoms with van der Waals surface area (Å²) < 4.78 is 25.7.